The van der Waals surface area contributed by atoms with E-state index in [0.717, 1.165) is 22.3 Å². The van der Waals surface area contributed by atoms with Gasteiger partial charge in [0.15, 0.2) is 0 Å². The van der Waals surface area contributed by atoms with E-state index < -0.39 is 36.2 Å². The number of rotatable bonds is 9. The number of carboxylic acids is 1. The van der Waals surface area contributed by atoms with Crippen LogP contribution in [0.4, 0.5) is 4.39 Å². The summed E-state index contributed by atoms with van der Waals surface area (Å²) in [5, 5.41) is 12.3. The summed E-state index contributed by atoms with van der Waals surface area (Å²) in [6.07, 6.45) is 1.33. The number of hydrogen-bond acceptors (Lipinski definition) is 4. The molecule has 0 aliphatic carbocycles. The number of carbonyl (C=O) groups excluding carboxylic acids is 1. The van der Waals surface area contributed by atoms with Crippen molar-refractivity contribution >= 4 is 11.9 Å². The maximum Gasteiger partial charge on any atom is 0.305 e. The van der Waals surface area contributed by atoms with Crippen molar-refractivity contribution in [3.8, 4) is 11.3 Å². The zero-order valence-corrected chi connectivity index (χ0v) is 22.1. The Labute approximate surface area is 216 Å². The summed E-state index contributed by atoms with van der Waals surface area (Å²) in [6, 6.07) is 8.44. The van der Waals surface area contributed by atoms with Crippen LogP contribution in [-0.2, 0) is 9.59 Å². The van der Waals surface area contributed by atoms with Crippen LogP contribution in [0.25, 0.3) is 11.3 Å². The number of benzene rings is 1. The van der Waals surface area contributed by atoms with Gasteiger partial charge >= 0.3 is 5.97 Å². The lowest BCUT2D eigenvalue weighted by Gasteiger charge is -2.25. The number of halogens is 1. The topological polar surface area (TPSA) is 101 Å². The molecule has 1 aromatic carbocycles. The fourth-order valence-electron chi connectivity index (χ4n) is 4.56. The monoisotopic (exact) mass is 507 g/mol. The molecule has 0 spiro atoms. The number of aromatic nitrogens is 2. The number of carbonyl (C=O) groups is 2. The van der Waals surface area contributed by atoms with Crippen LogP contribution in [0.15, 0.2) is 47.4 Å². The van der Waals surface area contributed by atoms with Gasteiger partial charge in [-0.25, -0.2) is 9.37 Å². The fourth-order valence-corrected chi connectivity index (χ4v) is 4.56. The molecule has 0 bridgehead atoms. The molecular weight excluding hydrogens is 473 g/mol. The second-order valence-corrected chi connectivity index (χ2v) is 10.0. The van der Waals surface area contributed by atoms with Gasteiger partial charge in [-0.2, -0.15) is 0 Å². The Morgan fingerprint density at radius 2 is 1.70 bits per heavy atom. The highest BCUT2D eigenvalue weighted by molar-refractivity contribution is 5.81. The molecule has 2 aromatic heterocycles. The maximum absolute atomic E-state index is 15.4. The molecule has 2 atom stereocenters. The highest BCUT2D eigenvalue weighted by atomic mass is 19.1. The first kappa shape index (κ1) is 27.8. The van der Waals surface area contributed by atoms with Crippen molar-refractivity contribution in [3.63, 3.8) is 0 Å². The quantitative estimate of drug-likeness (QED) is 0.414. The Bertz CT molecular complexity index is 1360. The standard InChI is InChI=1S/C29H34FN3O4/c1-16(2)12-23(33-11-10-17(3)13-24(33)34)29(37)32-22(15-25(35)36)28-27(30)20(6)14-21(31-28)26-18(4)8-7-9-19(26)5/h7-11,13-14,16,22-23H,12,15H2,1-6H3,(H,32,37)(H,35,36)/t22-,23+/m1/s1. The largest absolute Gasteiger partial charge is 0.481 e. The van der Waals surface area contributed by atoms with E-state index in [9.17, 15) is 19.5 Å². The van der Waals surface area contributed by atoms with E-state index >= 15 is 4.39 Å². The van der Waals surface area contributed by atoms with Crippen molar-refractivity contribution in [2.75, 3.05) is 0 Å². The van der Waals surface area contributed by atoms with Crippen molar-refractivity contribution in [1.29, 1.82) is 0 Å². The van der Waals surface area contributed by atoms with Gasteiger partial charge in [0.05, 0.1) is 23.9 Å². The summed E-state index contributed by atoms with van der Waals surface area (Å²) < 4.78 is 16.8. The van der Waals surface area contributed by atoms with Crippen LogP contribution in [-0.4, -0.2) is 26.5 Å². The number of hydrogen-bond donors (Lipinski definition) is 2. The molecule has 3 rings (SSSR count). The first-order chi connectivity index (χ1) is 17.4. The second-order valence-electron chi connectivity index (χ2n) is 10.0. The second kappa shape index (κ2) is 11.5. The number of amides is 1. The lowest BCUT2D eigenvalue weighted by molar-refractivity contribution is -0.138. The van der Waals surface area contributed by atoms with Gasteiger partial charge in [0, 0.05) is 17.8 Å². The van der Waals surface area contributed by atoms with Crippen LogP contribution in [0.2, 0.25) is 0 Å². The Hall–Kier alpha value is -3.81. The molecule has 0 unspecified atom stereocenters. The molecule has 196 valence electrons. The van der Waals surface area contributed by atoms with Gasteiger partial charge < -0.3 is 15.0 Å². The zero-order valence-electron chi connectivity index (χ0n) is 22.1. The average molecular weight is 508 g/mol. The summed E-state index contributed by atoms with van der Waals surface area (Å²) in [5.41, 5.74) is 3.79. The molecule has 0 fully saturated rings. The smallest absolute Gasteiger partial charge is 0.305 e. The molecule has 37 heavy (non-hydrogen) atoms. The number of nitrogens with one attached hydrogen (secondary N) is 1. The molecule has 3 aromatic rings. The number of aryl methyl sites for hydroxylation is 4. The van der Waals surface area contributed by atoms with Gasteiger partial charge in [-0.3, -0.25) is 14.4 Å². The maximum atomic E-state index is 15.4. The highest BCUT2D eigenvalue weighted by Crippen LogP contribution is 2.31. The number of nitrogens with zero attached hydrogens (tertiary/aromatic N) is 2. The Morgan fingerprint density at radius 1 is 1.05 bits per heavy atom. The van der Waals surface area contributed by atoms with E-state index in [1.807, 2.05) is 45.9 Å². The van der Waals surface area contributed by atoms with E-state index in [4.69, 9.17) is 0 Å². The van der Waals surface area contributed by atoms with Crippen LogP contribution in [0.3, 0.4) is 0 Å². The third-order valence-corrected chi connectivity index (χ3v) is 6.36. The van der Waals surface area contributed by atoms with Crippen LogP contribution >= 0.6 is 0 Å². The third-order valence-electron chi connectivity index (χ3n) is 6.36. The van der Waals surface area contributed by atoms with Gasteiger partial charge in [0.25, 0.3) is 5.56 Å². The Morgan fingerprint density at radius 3 is 2.27 bits per heavy atom. The predicted octanol–water partition coefficient (Wildman–Crippen LogP) is 5.20. The third kappa shape index (κ3) is 6.50. The van der Waals surface area contributed by atoms with Crippen molar-refractivity contribution in [2.24, 2.45) is 5.92 Å². The van der Waals surface area contributed by atoms with E-state index in [1.165, 1.54) is 10.6 Å². The van der Waals surface area contributed by atoms with Gasteiger partial charge in [-0.1, -0.05) is 32.0 Å². The van der Waals surface area contributed by atoms with Gasteiger partial charge in [-0.15, -0.1) is 0 Å². The molecule has 7 nitrogen and oxygen atoms in total. The first-order valence-corrected chi connectivity index (χ1v) is 12.3. The van der Waals surface area contributed by atoms with Crippen molar-refractivity contribution in [3.05, 3.63) is 86.7 Å². The molecule has 2 N–H and O–H groups in total. The van der Waals surface area contributed by atoms with Crippen molar-refractivity contribution < 1.29 is 19.1 Å². The Kier molecular flexibility index (Phi) is 8.63. The molecule has 1 amide bonds. The summed E-state index contributed by atoms with van der Waals surface area (Å²) >= 11 is 0. The van der Waals surface area contributed by atoms with E-state index in [2.05, 4.69) is 10.3 Å². The number of aliphatic carboxylic acids is 1. The minimum atomic E-state index is -1.23. The zero-order chi connectivity index (χ0) is 27.4. The van der Waals surface area contributed by atoms with Gasteiger partial charge in [0.2, 0.25) is 5.91 Å². The molecule has 0 radical (unpaired) electrons. The highest BCUT2D eigenvalue weighted by Gasteiger charge is 2.30. The fraction of sp³-hybridized carbons (Fsp3) is 0.379. The van der Waals surface area contributed by atoms with Crippen LogP contribution in [0.5, 0.6) is 0 Å². The summed E-state index contributed by atoms with van der Waals surface area (Å²) in [6.45, 7) is 11.1. The Balaban J connectivity index is 2.09. The number of carboxylic acid groups (broad SMARTS) is 1. The van der Waals surface area contributed by atoms with Gasteiger partial charge in [0.1, 0.15) is 11.9 Å². The van der Waals surface area contributed by atoms with Crippen LogP contribution < -0.4 is 10.9 Å². The van der Waals surface area contributed by atoms with Crippen LogP contribution in [0, 0.1) is 39.4 Å². The number of pyridine rings is 2. The molecule has 0 aliphatic heterocycles. The van der Waals surface area contributed by atoms with E-state index in [-0.39, 0.29) is 17.2 Å². The molecule has 0 aliphatic rings. The normalized spacial score (nSPS) is 12.9. The predicted molar refractivity (Wildman–Crippen MR) is 141 cm³/mol. The molecule has 8 heteroatoms. The lowest BCUT2D eigenvalue weighted by Crippen LogP contribution is -2.40. The minimum absolute atomic E-state index is 0.0614. The minimum Gasteiger partial charge on any atom is -0.481 e. The van der Waals surface area contributed by atoms with Gasteiger partial charge in [-0.05, 0) is 74.4 Å². The summed E-state index contributed by atoms with van der Waals surface area (Å²) in [5.74, 6) is -2.39. The van der Waals surface area contributed by atoms with Crippen molar-refractivity contribution in [1.82, 2.24) is 14.9 Å². The van der Waals surface area contributed by atoms with E-state index in [0.29, 0.717) is 17.7 Å². The molecular formula is C29H34FN3O4. The molecule has 2 heterocycles. The van der Waals surface area contributed by atoms with E-state index in [1.54, 1.807) is 32.2 Å². The lowest BCUT2D eigenvalue weighted by atomic mass is 9.97. The van der Waals surface area contributed by atoms with Crippen LogP contribution in [0.1, 0.15) is 66.7 Å². The SMILES string of the molecule is Cc1ccn([C@@H](CC(C)C)C(=O)N[C@H](CC(=O)O)c2nc(-c3c(C)cccc3C)cc(C)c2F)c(=O)c1. The molecule has 0 saturated heterocycles. The molecule has 0 saturated carbocycles. The first-order valence-electron chi connectivity index (χ1n) is 12.3. The summed E-state index contributed by atoms with van der Waals surface area (Å²) in [4.78, 5) is 42.5. The summed E-state index contributed by atoms with van der Waals surface area (Å²) in [7, 11) is 0. The van der Waals surface area contributed by atoms with Crippen molar-refractivity contribution in [2.45, 2.75) is 66.5 Å². The average Bonchev–Trinajstić information content (AvgIpc) is 2.79.